The molecule has 0 atom stereocenters. The average Bonchev–Trinajstić information content (AvgIpc) is 2.65. The maximum Gasteiger partial charge on any atom is 0.243 e. The molecule has 0 aliphatic heterocycles. The highest BCUT2D eigenvalue weighted by molar-refractivity contribution is 7.89. The summed E-state index contributed by atoms with van der Waals surface area (Å²) in [6.07, 6.45) is 0. The van der Waals surface area contributed by atoms with E-state index in [-0.39, 0.29) is 18.0 Å². The molecule has 0 aromatic heterocycles. The summed E-state index contributed by atoms with van der Waals surface area (Å²) in [5, 5.41) is 0. The lowest BCUT2D eigenvalue weighted by Crippen LogP contribution is -2.41. The van der Waals surface area contributed by atoms with Gasteiger partial charge >= 0.3 is 0 Å². The number of carbonyl (C=O) groups is 1. The average molecular weight is 380 g/mol. The molecular formula is C18H21FN2O4S. The molecule has 8 heteroatoms. The van der Waals surface area contributed by atoms with Gasteiger partial charge in [-0.15, -0.1) is 0 Å². The second-order valence-corrected chi connectivity index (χ2v) is 7.48. The van der Waals surface area contributed by atoms with Gasteiger partial charge < -0.3 is 9.64 Å². The molecule has 2 aromatic carbocycles. The van der Waals surface area contributed by atoms with Gasteiger partial charge in [0.2, 0.25) is 15.9 Å². The van der Waals surface area contributed by atoms with E-state index < -0.39 is 21.7 Å². The van der Waals surface area contributed by atoms with Crippen LogP contribution in [0, 0.1) is 5.82 Å². The highest BCUT2D eigenvalue weighted by Gasteiger charge is 2.26. The monoisotopic (exact) mass is 380 g/mol. The van der Waals surface area contributed by atoms with Gasteiger partial charge in [-0.2, -0.15) is 4.31 Å². The number of amides is 1. The van der Waals surface area contributed by atoms with Crippen LogP contribution in [0.25, 0.3) is 0 Å². The van der Waals surface area contributed by atoms with Crippen molar-refractivity contribution in [2.24, 2.45) is 0 Å². The van der Waals surface area contributed by atoms with Crippen molar-refractivity contribution in [2.75, 3.05) is 32.1 Å². The van der Waals surface area contributed by atoms with E-state index in [1.54, 1.807) is 38.2 Å². The number of nitrogens with zero attached hydrogens (tertiary/aromatic N) is 2. The maximum absolute atomic E-state index is 13.0. The first-order valence-electron chi connectivity index (χ1n) is 7.96. The lowest BCUT2D eigenvalue weighted by atomic mass is 10.2. The Morgan fingerprint density at radius 1 is 1.15 bits per heavy atom. The molecule has 6 nitrogen and oxygen atoms in total. The summed E-state index contributed by atoms with van der Waals surface area (Å²) in [7, 11) is -0.809. The van der Waals surface area contributed by atoms with Crippen LogP contribution in [0.2, 0.25) is 0 Å². The Bertz CT molecular complexity index is 869. The minimum Gasteiger partial charge on any atom is -0.497 e. The molecule has 0 spiro atoms. The Hall–Kier alpha value is -2.45. The third kappa shape index (κ3) is 4.39. The van der Waals surface area contributed by atoms with Crippen LogP contribution in [-0.4, -0.2) is 45.9 Å². The van der Waals surface area contributed by atoms with Crippen molar-refractivity contribution < 1.29 is 22.3 Å². The Morgan fingerprint density at radius 2 is 1.81 bits per heavy atom. The van der Waals surface area contributed by atoms with Crippen LogP contribution in [-0.2, 0) is 14.8 Å². The summed E-state index contributed by atoms with van der Waals surface area (Å²) in [5.74, 6) is -0.333. The largest absolute Gasteiger partial charge is 0.497 e. The minimum absolute atomic E-state index is 0.0578. The molecule has 0 N–H and O–H groups in total. The smallest absolute Gasteiger partial charge is 0.243 e. The molecular weight excluding hydrogens is 359 g/mol. The van der Waals surface area contributed by atoms with Crippen molar-refractivity contribution in [1.29, 1.82) is 0 Å². The SMILES string of the molecule is CCN(CC(=O)N(C)c1cccc(OC)c1)S(=O)(=O)c1ccc(F)cc1. The fraction of sp³-hybridized carbons (Fsp3) is 0.278. The van der Waals surface area contributed by atoms with E-state index in [9.17, 15) is 17.6 Å². The minimum atomic E-state index is -3.90. The molecule has 0 heterocycles. The van der Waals surface area contributed by atoms with Crippen molar-refractivity contribution in [2.45, 2.75) is 11.8 Å². The second kappa shape index (κ2) is 8.29. The van der Waals surface area contributed by atoms with Crippen LogP contribution in [0.1, 0.15) is 6.92 Å². The van der Waals surface area contributed by atoms with Crippen molar-refractivity contribution >= 4 is 21.6 Å². The molecule has 0 aliphatic carbocycles. The molecule has 0 radical (unpaired) electrons. The number of halogens is 1. The number of anilines is 1. The predicted molar refractivity (Wildman–Crippen MR) is 97.2 cm³/mol. The Balaban J connectivity index is 2.20. The number of hydrogen-bond acceptors (Lipinski definition) is 4. The summed E-state index contributed by atoms with van der Waals surface area (Å²) in [6, 6.07) is 11.4. The summed E-state index contributed by atoms with van der Waals surface area (Å²) in [5.41, 5.74) is 0.588. The topological polar surface area (TPSA) is 66.9 Å². The van der Waals surface area contributed by atoms with Gasteiger partial charge in [-0.25, -0.2) is 12.8 Å². The van der Waals surface area contributed by atoms with Gasteiger partial charge in [0.15, 0.2) is 0 Å². The van der Waals surface area contributed by atoms with E-state index in [1.165, 1.54) is 24.1 Å². The van der Waals surface area contributed by atoms with Crippen molar-refractivity contribution in [3.8, 4) is 5.75 Å². The zero-order valence-corrected chi connectivity index (χ0v) is 15.7. The number of rotatable bonds is 7. The molecule has 0 aliphatic rings. The second-order valence-electron chi connectivity index (χ2n) is 5.54. The van der Waals surface area contributed by atoms with Crippen LogP contribution in [0.3, 0.4) is 0 Å². The molecule has 2 rings (SSSR count). The van der Waals surface area contributed by atoms with Crippen LogP contribution < -0.4 is 9.64 Å². The molecule has 0 unspecified atom stereocenters. The fourth-order valence-electron chi connectivity index (χ4n) is 2.34. The van der Waals surface area contributed by atoms with E-state index in [4.69, 9.17) is 4.74 Å². The Labute approximate surface area is 152 Å². The predicted octanol–water partition coefficient (Wildman–Crippen LogP) is 2.51. The lowest BCUT2D eigenvalue weighted by Gasteiger charge is -2.24. The normalized spacial score (nSPS) is 11.4. The van der Waals surface area contributed by atoms with Crippen LogP contribution in [0.4, 0.5) is 10.1 Å². The van der Waals surface area contributed by atoms with Crippen molar-refractivity contribution in [1.82, 2.24) is 4.31 Å². The summed E-state index contributed by atoms with van der Waals surface area (Å²) < 4.78 is 44.6. The molecule has 0 bridgehead atoms. The number of hydrogen-bond donors (Lipinski definition) is 0. The quantitative estimate of drug-likeness (QED) is 0.740. The van der Waals surface area contributed by atoms with E-state index in [1.807, 2.05) is 0 Å². The third-order valence-electron chi connectivity index (χ3n) is 3.93. The van der Waals surface area contributed by atoms with E-state index in [2.05, 4.69) is 0 Å². The van der Waals surface area contributed by atoms with Gasteiger partial charge in [0.05, 0.1) is 18.6 Å². The third-order valence-corrected chi connectivity index (χ3v) is 5.87. The molecule has 1 amide bonds. The highest BCUT2D eigenvalue weighted by atomic mass is 32.2. The molecule has 0 fully saturated rings. The first kappa shape index (κ1) is 19.9. The number of carbonyl (C=O) groups excluding carboxylic acids is 1. The molecule has 26 heavy (non-hydrogen) atoms. The summed E-state index contributed by atoms with van der Waals surface area (Å²) >= 11 is 0. The fourth-order valence-corrected chi connectivity index (χ4v) is 3.74. The molecule has 2 aromatic rings. The molecule has 0 saturated heterocycles. The number of likely N-dealkylation sites (N-methyl/N-ethyl adjacent to an activating group) is 2. The summed E-state index contributed by atoms with van der Waals surface area (Å²) in [4.78, 5) is 13.9. The van der Waals surface area contributed by atoms with Crippen LogP contribution in [0.15, 0.2) is 53.4 Å². The Morgan fingerprint density at radius 3 is 2.38 bits per heavy atom. The van der Waals surface area contributed by atoms with Crippen LogP contribution in [0.5, 0.6) is 5.75 Å². The van der Waals surface area contributed by atoms with E-state index in [0.717, 1.165) is 16.4 Å². The number of methoxy groups -OCH3 is 1. The lowest BCUT2D eigenvalue weighted by molar-refractivity contribution is -0.118. The first-order valence-corrected chi connectivity index (χ1v) is 9.40. The number of sulfonamides is 1. The van der Waals surface area contributed by atoms with Gasteiger partial charge in [0, 0.05) is 25.3 Å². The number of ether oxygens (including phenoxy) is 1. The van der Waals surface area contributed by atoms with Gasteiger partial charge in [-0.1, -0.05) is 13.0 Å². The maximum atomic E-state index is 13.0. The van der Waals surface area contributed by atoms with Crippen LogP contribution >= 0.6 is 0 Å². The standard InChI is InChI=1S/C18H21FN2O4S/c1-4-21(26(23,24)17-10-8-14(19)9-11-17)13-18(22)20(2)15-6-5-7-16(12-15)25-3/h5-12H,4,13H2,1-3H3. The van der Waals surface area contributed by atoms with E-state index in [0.29, 0.717) is 11.4 Å². The van der Waals surface area contributed by atoms with Crippen molar-refractivity contribution in [3.63, 3.8) is 0 Å². The molecule has 0 saturated carbocycles. The zero-order chi connectivity index (χ0) is 19.3. The van der Waals surface area contributed by atoms with Crippen molar-refractivity contribution in [3.05, 3.63) is 54.3 Å². The van der Waals surface area contributed by atoms with E-state index >= 15 is 0 Å². The first-order chi connectivity index (χ1) is 12.3. The van der Waals surface area contributed by atoms with Gasteiger partial charge in [-0.05, 0) is 36.4 Å². The number of benzene rings is 2. The van der Waals surface area contributed by atoms with Gasteiger partial charge in [0.25, 0.3) is 0 Å². The zero-order valence-electron chi connectivity index (χ0n) is 14.8. The van der Waals surface area contributed by atoms with Gasteiger partial charge in [-0.3, -0.25) is 4.79 Å². The Kier molecular flexibility index (Phi) is 6.33. The highest BCUT2D eigenvalue weighted by Crippen LogP contribution is 2.21. The van der Waals surface area contributed by atoms with Gasteiger partial charge in [0.1, 0.15) is 11.6 Å². The molecule has 140 valence electrons. The summed E-state index contributed by atoms with van der Waals surface area (Å²) in [6.45, 7) is 1.42.